The van der Waals surface area contributed by atoms with E-state index < -0.39 is 0 Å². The summed E-state index contributed by atoms with van der Waals surface area (Å²) >= 11 is 0. The molecule has 0 unspecified atom stereocenters. The van der Waals surface area contributed by atoms with Crippen molar-refractivity contribution >= 4 is 16.9 Å². The summed E-state index contributed by atoms with van der Waals surface area (Å²) < 4.78 is 2.96. The Morgan fingerprint density at radius 1 is 1.21 bits per heavy atom. The number of hydrogen-bond acceptors (Lipinski definition) is 4. The van der Waals surface area contributed by atoms with E-state index >= 15 is 0 Å². The highest BCUT2D eigenvalue weighted by atomic mass is 16.2. The Hall–Kier alpha value is -2.96. The number of fused-ring (bicyclic) bond motifs is 1. The van der Waals surface area contributed by atoms with Gasteiger partial charge in [-0.3, -0.25) is 18.8 Å². The van der Waals surface area contributed by atoms with Crippen LogP contribution in [0.1, 0.15) is 31.2 Å². The van der Waals surface area contributed by atoms with E-state index in [-0.39, 0.29) is 24.1 Å². The number of rotatable bonds is 6. The molecule has 3 aromatic rings. The van der Waals surface area contributed by atoms with E-state index in [2.05, 4.69) is 22.2 Å². The third-order valence-electron chi connectivity index (χ3n) is 5.59. The number of hydrogen-bond donors (Lipinski definition) is 0. The molecule has 0 N–H and O–H groups in total. The first-order valence-corrected chi connectivity index (χ1v) is 9.84. The first kappa shape index (κ1) is 18.4. The van der Waals surface area contributed by atoms with Gasteiger partial charge in [-0.25, -0.2) is 4.98 Å². The normalized spacial score (nSPS) is 14.6. The van der Waals surface area contributed by atoms with E-state index in [9.17, 15) is 9.59 Å². The fraction of sp³-hybridized carbons (Fsp3) is 0.429. The lowest BCUT2D eigenvalue weighted by molar-refractivity contribution is -0.134. The van der Waals surface area contributed by atoms with Crippen molar-refractivity contribution in [3.8, 4) is 0 Å². The molecule has 7 heteroatoms. The van der Waals surface area contributed by atoms with Gasteiger partial charge in [-0.15, -0.1) is 0 Å². The van der Waals surface area contributed by atoms with Gasteiger partial charge in [-0.05, 0) is 24.8 Å². The average molecular weight is 379 g/mol. The molecule has 1 fully saturated rings. The molecule has 1 aliphatic rings. The maximum absolute atomic E-state index is 13.1. The minimum Gasteiger partial charge on any atom is -0.338 e. The van der Waals surface area contributed by atoms with Crippen LogP contribution >= 0.6 is 0 Å². The fourth-order valence-electron chi connectivity index (χ4n) is 4.04. The predicted octanol–water partition coefficient (Wildman–Crippen LogP) is 2.14. The molecular formula is C21H25N5O2. The van der Waals surface area contributed by atoms with E-state index in [4.69, 9.17) is 0 Å². The van der Waals surface area contributed by atoms with Gasteiger partial charge in [0.1, 0.15) is 18.3 Å². The van der Waals surface area contributed by atoms with Gasteiger partial charge in [-0.1, -0.05) is 43.2 Å². The van der Waals surface area contributed by atoms with Crippen molar-refractivity contribution in [3.05, 3.63) is 58.8 Å². The molecule has 2 heterocycles. The third-order valence-corrected chi connectivity index (χ3v) is 5.59. The van der Waals surface area contributed by atoms with Crippen LogP contribution in [-0.4, -0.2) is 42.7 Å². The molecule has 7 nitrogen and oxygen atoms in total. The molecule has 146 valence electrons. The van der Waals surface area contributed by atoms with Crippen molar-refractivity contribution in [1.29, 1.82) is 0 Å². The molecule has 0 bridgehead atoms. The second-order valence-corrected chi connectivity index (χ2v) is 7.44. The number of nitrogens with zero attached hydrogens (tertiary/aromatic N) is 5. The maximum atomic E-state index is 13.1. The molecular weight excluding hydrogens is 354 g/mol. The first-order valence-electron chi connectivity index (χ1n) is 9.84. The van der Waals surface area contributed by atoms with Crippen LogP contribution in [-0.2, 0) is 24.8 Å². The van der Waals surface area contributed by atoms with Gasteiger partial charge >= 0.3 is 0 Å². The Labute approximate surface area is 163 Å². The largest absolute Gasteiger partial charge is 0.338 e. The second-order valence-electron chi connectivity index (χ2n) is 7.44. The van der Waals surface area contributed by atoms with E-state index in [0.29, 0.717) is 17.6 Å². The number of amides is 1. The maximum Gasteiger partial charge on any atom is 0.264 e. The minimum absolute atomic E-state index is 0.0158. The van der Waals surface area contributed by atoms with Gasteiger partial charge in [0.05, 0.1) is 6.20 Å². The van der Waals surface area contributed by atoms with Crippen molar-refractivity contribution in [1.82, 2.24) is 24.2 Å². The van der Waals surface area contributed by atoms with Crippen molar-refractivity contribution in [2.75, 3.05) is 6.54 Å². The quantitative estimate of drug-likeness (QED) is 0.658. The summed E-state index contributed by atoms with van der Waals surface area (Å²) in [4.78, 5) is 32.1. The van der Waals surface area contributed by atoms with Gasteiger partial charge in [0.15, 0.2) is 5.65 Å². The lowest BCUT2D eigenvalue weighted by atomic mass is 10.1. The van der Waals surface area contributed by atoms with Crippen LogP contribution < -0.4 is 5.56 Å². The van der Waals surface area contributed by atoms with Gasteiger partial charge < -0.3 is 4.90 Å². The standard InChI is InChI=1S/C21H25N5O2/c1-24-20-18(13-23-24)21(28)25(15-22-20)14-19(27)26(17-9-5-6-10-17)12-11-16-7-3-2-4-8-16/h2-4,7-8,13,15,17H,5-6,9-12,14H2,1H3. The highest BCUT2D eigenvalue weighted by Crippen LogP contribution is 2.24. The average Bonchev–Trinajstić information content (AvgIpc) is 3.36. The van der Waals surface area contributed by atoms with Crippen molar-refractivity contribution < 1.29 is 4.79 Å². The summed E-state index contributed by atoms with van der Waals surface area (Å²) in [5.41, 5.74) is 1.53. The lowest BCUT2D eigenvalue weighted by Gasteiger charge is -2.29. The summed E-state index contributed by atoms with van der Waals surface area (Å²) in [6, 6.07) is 10.5. The van der Waals surface area contributed by atoms with Crippen LogP contribution in [0, 0.1) is 0 Å². The molecule has 0 spiro atoms. The van der Waals surface area contributed by atoms with Gasteiger partial charge in [0.2, 0.25) is 5.91 Å². The molecule has 0 radical (unpaired) electrons. The zero-order valence-corrected chi connectivity index (χ0v) is 16.1. The summed E-state index contributed by atoms with van der Waals surface area (Å²) in [5.74, 6) is -0.0185. The molecule has 0 atom stereocenters. The smallest absolute Gasteiger partial charge is 0.264 e. The first-order chi connectivity index (χ1) is 13.6. The lowest BCUT2D eigenvalue weighted by Crippen LogP contribution is -2.43. The summed E-state index contributed by atoms with van der Waals surface area (Å²) in [6.45, 7) is 0.687. The Morgan fingerprint density at radius 2 is 1.96 bits per heavy atom. The number of aromatic nitrogens is 4. The summed E-state index contributed by atoms with van der Waals surface area (Å²) in [7, 11) is 1.75. The summed E-state index contributed by atoms with van der Waals surface area (Å²) in [6.07, 6.45) is 8.17. The molecule has 0 aliphatic heterocycles. The highest BCUT2D eigenvalue weighted by molar-refractivity contribution is 5.77. The Balaban J connectivity index is 1.53. The topological polar surface area (TPSA) is 73.0 Å². The highest BCUT2D eigenvalue weighted by Gasteiger charge is 2.27. The van der Waals surface area contributed by atoms with Crippen molar-refractivity contribution in [2.45, 2.75) is 44.7 Å². The van der Waals surface area contributed by atoms with E-state index in [1.54, 1.807) is 11.7 Å². The number of benzene rings is 1. The monoisotopic (exact) mass is 379 g/mol. The molecule has 1 aliphatic carbocycles. The minimum atomic E-state index is -0.221. The molecule has 28 heavy (non-hydrogen) atoms. The van der Waals surface area contributed by atoms with Crippen molar-refractivity contribution in [3.63, 3.8) is 0 Å². The molecule has 4 rings (SSSR count). The third kappa shape index (κ3) is 3.69. The molecule has 1 saturated carbocycles. The van der Waals surface area contributed by atoms with Crippen LogP contribution in [0.2, 0.25) is 0 Å². The van der Waals surface area contributed by atoms with Crippen LogP contribution in [0.15, 0.2) is 47.7 Å². The zero-order valence-electron chi connectivity index (χ0n) is 16.1. The van der Waals surface area contributed by atoms with Crippen LogP contribution in [0.3, 0.4) is 0 Å². The molecule has 1 amide bonds. The predicted molar refractivity (Wildman–Crippen MR) is 107 cm³/mol. The van der Waals surface area contributed by atoms with Gasteiger partial charge in [0.25, 0.3) is 5.56 Å². The van der Waals surface area contributed by atoms with Crippen molar-refractivity contribution in [2.24, 2.45) is 7.05 Å². The SMILES string of the molecule is Cn1ncc2c(=O)n(CC(=O)N(CCc3ccccc3)C3CCCC3)cnc21. The number of aryl methyl sites for hydroxylation is 1. The Morgan fingerprint density at radius 3 is 2.71 bits per heavy atom. The van der Waals surface area contributed by atoms with E-state index in [1.807, 2.05) is 23.1 Å². The van der Waals surface area contributed by atoms with E-state index in [0.717, 1.165) is 32.1 Å². The molecule has 1 aromatic carbocycles. The second kappa shape index (κ2) is 7.96. The van der Waals surface area contributed by atoms with Crippen LogP contribution in [0.5, 0.6) is 0 Å². The van der Waals surface area contributed by atoms with E-state index in [1.165, 1.54) is 22.7 Å². The number of carbonyl (C=O) groups is 1. The Kier molecular flexibility index (Phi) is 5.23. The van der Waals surface area contributed by atoms with Gasteiger partial charge in [-0.2, -0.15) is 5.10 Å². The van der Waals surface area contributed by atoms with Gasteiger partial charge in [0, 0.05) is 19.6 Å². The fourth-order valence-corrected chi connectivity index (χ4v) is 4.04. The molecule has 2 aromatic heterocycles. The summed E-state index contributed by atoms with van der Waals surface area (Å²) in [5, 5.41) is 4.52. The Bertz CT molecular complexity index is 1020. The zero-order chi connectivity index (χ0) is 19.5. The molecule has 0 saturated heterocycles. The van der Waals surface area contributed by atoms with Crippen LogP contribution in [0.4, 0.5) is 0 Å². The number of carbonyl (C=O) groups excluding carboxylic acids is 1. The van der Waals surface area contributed by atoms with Crippen LogP contribution in [0.25, 0.3) is 11.0 Å².